The molecular weight excluding hydrogens is 264 g/mol. The number of hydrogen-bond acceptors (Lipinski definition) is 0. The smallest absolute Gasteiger partial charge is 0.0419 e. The van der Waals surface area contributed by atoms with E-state index in [0.29, 0.717) is 0 Å². The van der Waals surface area contributed by atoms with Gasteiger partial charge in [0.05, 0.1) is 0 Å². The molecule has 0 aliphatic heterocycles. The Morgan fingerprint density at radius 2 is 1.68 bits per heavy atom. The van der Waals surface area contributed by atoms with Crippen molar-refractivity contribution in [1.29, 1.82) is 0 Å². The summed E-state index contributed by atoms with van der Waals surface area (Å²) in [6.07, 6.45) is 16.2. The van der Waals surface area contributed by atoms with E-state index >= 15 is 0 Å². The van der Waals surface area contributed by atoms with Gasteiger partial charge in [0.25, 0.3) is 0 Å². The van der Waals surface area contributed by atoms with Crippen LogP contribution in [-0.2, 0) is 5.41 Å². The molecule has 0 heteroatoms. The van der Waals surface area contributed by atoms with Gasteiger partial charge in [0.1, 0.15) is 0 Å². The molecule has 0 N–H and O–H groups in total. The summed E-state index contributed by atoms with van der Waals surface area (Å²) in [6.45, 7) is 14.1. The summed E-state index contributed by atoms with van der Waals surface area (Å²) in [6, 6.07) is 10.5. The van der Waals surface area contributed by atoms with Crippen LogP contribution in [0.1, 0.15) is 26.3 Å². The van der Waals surface area contributed by atoms with E-state index in [0.717, 1.165) is 0 Å². The molecule has 0 saturated heterocycles. The van der Waals surface area contributed by atoms with Gasteiger partial charge in [-0.25, -0.2) is 0 Å². The van der Waals surface area contributed by atoms with Crippen LogP contribution >= 0.6 is 0 Å². The van der Waals surface area contributed by atoms with E-state index in [-0.39, 0.29) is 5.41 Å². The molecule has 1 atom stereocenters. The maximum atomic E-state index is 4.03. The summed E-state index contributed by atoms with van der Waals surface area (Å²) in [5.41, 5.74) is 3.37. The van der Waals surface area contributed by atoms with Crippen molar-refractivity contribution in [3.8, 4) is 0 Å². The van der Waals surface area contributed by atoms with E-state index in [2.05, 4.69) is 75.6 Å². The molecule has 0 radical (unpaired) electrons. The molecule has 22 heavy (non-hydrogen) atoms. The van der Waals surface area contributed by atoms with Crippen LogP contribution in [0.5, 0.6) is 0 Å². The standard InChI is InChI=1S/C22H26/c1-6-10-15-19(8-3)22(5,20(9-4)16-11-7-2)21-17-13-12-14-18-21/h6-18H,1,4H2,2-3,5H3/b11-7-,15-10-,19-8+,20-16+. The highest BCUT2D eigenvalue weighted by Crippen LogP contribution is 2.40. The summed E-state index contributed by atoms with van der Waals surface area (Å²) >= 11 is 0. The van der Waals surface area contributed by atoms with Gasteiger partial charge in [-0.15, -0.1) is 0 Å². The second kappa shape index (κ2) is 8.84. The molecule has 1 unspecified atom stereocenters. The number of rotatable bonds is 7. The van der Waals surface area contributed by atoms with Gasteiger partial charge in [-0.3, -0.25) is 0 Å². The fourth-order valence-corrected chi connectivity index (χ4v) is 2.63. The topological polar surface area (TPSA) is 0 Å². The van der Waals surface area contributed by atoms with Crippen molar-refractivity contribution in [3.63, 3.8) is 0 Å². The highest BCUT2D eigenvalue weighted by atomic mass is 14.3. The Hall–Kier alpha value is -2.34. The summed E-state index contributed by atoms with van der Waals surface area (Å²) in [5.74, 6) is 0. The second-order valence-electron chi connectivity index (χ2n) is 5.18. The molecule has 1 aromatic rings. The van der Waals surface area contributed by atoms with Gasteiger partial charge in [0.15, 0.2) is 0 Å². The Labute approximate surface area is 135 Å². The van der Waals surface area contributed by atoms with Crippen LogP contribution in [0.2, 0.25) is 0 Å². The highest BCUT2D eigenvalue weighted by molar-refractivity contribution is 5.53. The molecule has 0 bridgehead atoms. The minimum absolute atomic E-state index is 0.253. The zero-order valence-electron chi connectivity index (χ0n) is 13.9. The zero-order chi connectivity index (χ0) is 16.4. The van der Waals surface area contributed by atoms with Crippen molar-refractivity contribution in [1.82, 2.24) is 0 Å². The van der Waals surface area contributed by atoms with Crippen LogP contribution in [-0.4, -0.2) is 0 Å². The molecular formula is C22H26. The van der Waals surface area contributed by atoms with Crippen molar-refractivity contribution < 1.29 is 0 Å². The summed E-state index contributed by atoms with van der Waals surface area (Å²) in [5, 5.41) is 0. The van der Waals surface area contributed by atoms with Crippen molar-refractivity contribution in [2.45, 2.75) is 26.2 Å². The minimum Gasteiger partial charge on any atom is -0.0991 e. The molecule has 0 saturated carbocycles. The lowest BCUT2D eigenvalue weighted by Crippen LogP contribution is -2.26. The van der Waals surface area contributed by atoms with Crippen LogP contribution in [0.3, 0.4) is 0 Å². The van der Waals surface area contributed by atoms with Gasteiger partial charge >= 0.3 is 0 Å². The van der Waals surface area contributed by atoms with E-state index in [9.17, 15) is 0 Å². The Balaban J connectivity index is 3.60. The Morgan fingerprint density at radius 1 is 1.00 bits per heavy atom. The fraction of sp³-hybridized carbons (Fsp3) is 0.182. The molecule has 114 valence electrons. The highest BCUT2D eigenvalue weighted by Gasteiger charge is 2.31. The summed E-state index contributed by atoms with van der Waals surface area (Å²) in [4.78, 5) is 0. The Morgan fingerprint density at radius 3 is 2.18 bits per heavy atom. The first kappa shape index (κ1) is 17.7. The number of allylic oxidation sites excluding steroid dienone is 10. The van der Waals surface area contributed by atoms with Gasteiger partial charge < -0.3 is 0 Å². The summed E-state index contributed by atoms with van der Waals surface area (Å²) < 4.78 is 0. The molecule has 0 aromatic heterocycles. The van der Waals surface area contributed by atoms with E-state index < -0.39 is 0 Å². The van der Waals surface area contributed by atoms with E-state index in [1.165, 1.54) is 16.7 Å². The van der Waals surface area contributed by atoms with Crippen LogP contribution in [0.4, 0.5) is 0 Å². The van der Waals surface area contributed by atoms with Gasteiger partial charge in [-0.1, -0.05) is 92.1 Å². The monoisotopic (exact) mass is 290 g/mol. The van der Waals surface area contributed by atoms with Crippen molar-refractivity contribution in [2.24, 2.45) is 0 Å². The summed E-state index contributed by atoms with van der Waals surface area (Å²) in [7, 11) is 0. The first-order valence-electron chi connectivity index (χ1n) is 7.62. The molecule has 0 aliphatic rings. The maximum Gasteiger partial charge on any atom is 0.0419 e. The lowest BCUT2D eigenvalue weighted by atomic mass is 9.69. The molecule has 0 heterocycles. The third-order valence-electron chi connectivity index (χ3n) is 3.92. The third kappa shape index (κ3) is 3.85. The van der Waals surface area contributed by atoms with Gasteiger partial charge in [0.2, 0.25) is 0 Å². The third-order valence-corrected chi connectivity index (χ3v) is 3.92. The van der Waals surface area contributed by atoms with Gasteiger partial charge in [-0.05, 0) is 37.5 Å². The normalized spacial score (nSPS) is 16.0. The first-order chi connectivity index (χ1) is 10.6. The second-order valence-corrected chi connectivity index (χ2v) is 5.18. The van der Waals surface area contributed by atoms with Crippen molar-refractivity contribution in [2.75, 3.05) is 0 Å². The molecule has 0 amide bonds. The van der Waals surface area contributed by atoms with E-state index in [1.807, 2.05) is 31.2 Å². The van der Waals surface area contributed by atoms with Crippen LogP contribution in [0.15, 0.2) is 103 Å². The average Bonchev–Trinajstić information content (AvgIpc) is 2.57. The predicted molar refractivity (Wildman–Crippen MR) is 100.0 cm³/mol. The predicted octanol–water partition coefficient (Wildman–Crippen LogP) is 6.32. The van der Waals surface area contributed by atoms with Gasteiger partial charge in [0, 0.05) is 5.41 Å². The van der Waals surface area contributed by atoms with E-state index in [4.69, 9.17) is 0 Å². The van der Waals surface area contributed by atoms with Crippen LogP contribution in [0, 0.1) is 0 Å². The number of hydrogen-bond donors (Lipinski definition) is 0. The lowest BCUT2D eigenvalue weighted by Gasteiger charge is -2.33. The van der Waals surface area contributed by atoms with Crippen LogP contribution in [0.25, 0.3) is 0 Å². The fourth-order valence-electron chi connectivity index (χ4n) is 2.63. The molecule has 0 aliphatic carbocycles. The lowest BCUT2D eigenvalue weighted by molar-refractivity contribution is 0.688. The maximum absolute atomic E-state index is 4.03. The van der Waals surface area contributed by atoms with Gasteiger partial charge in [-0.2, -0.15) is 0 Å². The molecule has 0 spiro atoms. The Kier molecular flexibility index (Phi) is 7.12. The largest absolute Gasteiger partial charge is 0.0991 e. The van der Waals surface area contributed by atoms with Crippen molar-refractivity contribution >= 4 is 0 Å². The zero-order valence-corrected chi connectivity index (χ0v) is 13.9. The average molecular weight is 290 g/mol. The Bertz CT molecular complexity index is 609. The quantitative estimate of drug-likeness (QED) is 0.515. The SMILES string of the molecule is C=C/C=C\C(=C/C)C(C)(/C(C=C)=C/C=C\C)c1ccccc1. The van der Waals surface area contributed by atoms with Crippen molar-refractivity contribution in [3.05, 3.63) is 109 Å². The molecule has 1 rings (SSSR count). The van der Waals surface area contributed by atoms with Crippen LogP contribution < -0.4 is 0 Å². The number of benzene rings is 1. The first-order valence-corrected chi connectivity index (χ1v) is 7.62. The van der Waals surface area contributed by atoms with E-state index in [1.54, 1.807) is 6.08 Å². The molecule has 1 aromatic carbocycles. The minimum atomic E-state index is -0.253. The molecule has 0 fully saturated rings. The molecule has 0 nitrogen and oxygen atoms in total.